The van der Waals surface area contributed by atoms with Crippen molar-refractivity contribution in [2.45, 2.75) is 31.5 Å². The largest absolute Gasteiger partial charge is 0.301 e. The minimum Gasteiger partial charge on any atom is -0.301 e. The molecule has 2 N–H and O–H groups in total. The first-order chi connectivity index (χ1) is 10.3. The molecule has 0 unspecified atom stereocenters. The number of rotatable bonds is 5. The van der Waals surface area contributed by atoms with Crippen LogP contribution in [0.4, 0.5) is 10.8 Å². The highest BCUT2D eigenvalue weighted by Crippen LogP contribution is 2.26. The first-order valence-electron chi connectivity index (χ1n) is 6.56. The third-order valence-corrected chi connectivity index (χ3v) is 5.48. The molecule has 9 heteroatoms. The molecule has 0 saturated carbocycles. The Labute approximate surface area is 132 Å². The van der Waals surface area contributed by atoms with Crippen LogP contribution in [0.15, 0.2) is 22.5 Å². The SMILES string of the molecule is CCC(=O)Nc1nnc(S(=O)(=O)Nc2c(C)cccc2C)s1. The Bertz CT molecular complexity index is 779. The molecule has 0 atom stereocenters. The number of benzene rings is 1. The molecule has 118 valence electrons. The number of nitrogens with zero attached hydrogens (tertiary/aromatic N) is 2. The van der Waals surface area contributed by atoms with E-state index in [9.17, 15) is 13.2 Å². The Balaban J connectivity index is 2.26. The number of anilines is 2. The summed E-state index contributed by atoms with van der Waals surface area (Å²) in [5.41, 5.74) is 2.15. The number of hydrogen-bond acceptors (Lipinski definition) is 6. The second-order valence-corrected chi connectivity index (χ2v) is 7.48. The standard InChI is InChI=1S/C13H16N4O3S2/c1-4-10(18)14-12-15-16-13(21-12)22(19,20)17-11-8(2)6-5-7-9(11)3/h5-7,17H,4H2,1-3H3,(H,14,15,18). The summed E-state index contributed by atoms with van der Waals surface area (Å²) in [6.45, 7) is 5.33. The summed E-state index contributed by atoms with van der Waals surface area (Å²) in [5, 5.41) is 9.95. The Morgan fingerprint density at radius 1 is 1.23 bits per heavy atom. The topological polar surface area (TPSA) is 101 Å². The van der Waals surface area contributed by atoms with Gasteiger partial charge in [-0.3, -0.25) is 9.52 Å². The molecular weight excluding hydrogens is 324 g/mol. The second kappa shape index (κ2) is 6.41. The molecule has 1 aromatic heterocycles. The number of carbonyl (C=O) groups is 1. The highest BCUT2D eigenvalue weighted by molar-refractivity contribution is 7.94. The number of hydrogen-bond donors (Lipinski definition) is 2. The molecule has 7 nitrogen and oxygen atoms in total. The summed E-state index contributed by atoms with van der Waals surface area (Å²) in [7, 11) is -3.84. The van der Waals surface area contributed by atoms with Crippen molar-refractivity contribution in [3.05, 3.63) is 29.3 Å². The zero-order valence-corrected chi connectivity index (χ0v) is 14.0. The third-order valence-electron chi connectivity index (χ3n) is 2.92. The quantitative estimate of drug-likeness (QED) is 0.813. The molecule has 0 aliphatic rings. The number of sulfonamides is 1. The fraction of sp³-hybridized carbons (Fsp3) is 0.308. The number of amides is 1. The Hall–Kier alpha value is -2.00. The molecule has 1 aromatic carbocycles. The van der Waals surface area contributed by atoms with Gasteiger partial charge in [-0.15, -0.1) is 10.2 Å². The molecule has 0 fully saturated rings. The van der Waals surface area contributed by atoms with Gasteiger partial charge in [0.15, 0.2) is 0 Å². The highest BCUT2D eigenvalue weighted by Gasteiger charge is 2.22. The molecule has 0 radical (unpaired) electrons. The van der Waals surface area contributed by atoms with Gasteiger partial charge in [-0.1, -0.05) is 36.5 Å². The molecule has 0 spiro atoms. The number of aromatic nitrogens is 2. The highest BCUT2D eigenvalue weighted by atomic mass is 32.2. The monoisotopic (exact) mass is 340 g/mol. The molecule has 22 heavy (non-hydrogen) atoms. The predicted molar refractivity (Wildman–Crippen MR) is 85.6 cm³/mol. The lowest BCUT2D eigenvalue weighted by Gasteiger charge is -2.11. The van der Waals surface area contributed by atoms with Crippen LogP contribution >= 0.6 is 11.3 Å². The summed E-state index contributed by atoms with van der Waals surface area (Å²) in [4.78, 5) is 11.3. The summed E-state index contributed by atoms with van der Waals surface area (Å²) in [6.07, 6.45) is 0.280. The van der Waals surface area contributed by atoms with E-state index in [2.05, 4.69) is 20.2 Å². The molecule has 2 aromatic rings. The lowest BCUT2D eigenvalue weighted by Crippen LogP contribution is -2.14. The third kappa shape index (κ3) is 3.60. The van der Waals surface area contributed by atoms with E-state index < -0.39 is 10.0 Å². The van der Waals surface area contributed by atoms with E-state index in [0.717, 1.165) is 22.5 Å². The molecule has 0 bridgehead atoms. The molecule has 0 aliphatic heterocycles. The lowest BCUT2D eigenvalue weighted by atomic mass is 10.1. The summed E-state index contributed by atoms with van der Waals surface area (Å²) in [5.74, 6) is -0.247. The normalized spacial score (nSPS) is 11.2. The van der Waals surface area contributed by atoms with Crippen molar-refractivity contribution in [3.8, 4) is 0 Å². The average Bonchev–Trinajstić information content (AvgIpc) is 2.92. The molecule has 1 amide bonds. The van der Waals surface area contributed by atoms with E-state index >= 15 is 0 Å². The van der Waals surface area contributed by atoms with Crippen molar-refractivity contribution >= 4 is 38.1 Å². The van der Waals surface area contributed by atoms with Crippen LogP contribution in [0.2, 0.25) is 0 Å². The fourth-order valence-electron chi connectivity index (χ4n) is 1.73. The van der Waals surface area contributed by atoms with Crippen LogP contribution in [0.1, 0.15) is 24.5 Å². The van der Waals surface area contributed by atoms with Gasteiger partial charge >= 0.3 is 0 Å². The fourth-order valence-corrected chi connectivity index (χ4v) is 3.85. The predicted octanol–water partition coefficient (Wildman–Crippen LogP) is 2.30. The van der Waals surface area contributed by atoms with E-state index in [-0.39, 0.29) is 21.8 Å². The van der Waals surface area contributed by atoms with Crippen molar-refractivity contribution in [3.63, 3.8) is 0 Å². The van der Waals surface area contributed by atoms with Gasteiger partial charge in [-0.25, -0.2) is 0 Å². The van der Waals surface area contributed by atoms with Gasteiger partial charge < -0.3 is 5.32 Å². The van der Waals surface area contributed by atoms with Crippen LogP contribution in [0.5, 0.6) is 0 Å². The Morgan fingerprint density at radius 2 is 1.86 bits per heavy atom. The molecule has 1 heterocycles. The van der Waals surface area contributed by atoms with Crippen LogP contribution < -0.4 is 10.0 Å². The van der Waals surface area contributed by atoms with Crippen molar-refractivity contribution in [1.29, 1.82) is 0 Å². The average molecular weight is 340 g/mol. The van der Waals surface area contributed by atoms with E-state index in [1.165, 1.54) is 0 Å². The minimum atomic E-state index is -3.84. The lowest BCUT2D eigenvalue weighted by molar-refractivity contribution is -0.115. The summed E-state index contributed by atoms with van der Waals surface area (Å²) < 4.78 is 27.0. The number of nitrogens with one attached hydrogen (secondary N) is 2. The zero-order valence-electron chi connectivity index (χ0n) is 12.4. The van der Waals surface area contributed by atoms with E-state index in [0.29, 0.717) is 5.69 Å². The molecule has 0 aliphatic carbocycles. The van der Waals surface area contributed by atoms with Gasteiger partial charge in [0.2, 0.25) is 11.0 Å². The van der Waals surface area contributed by atoms with E-state index in [4.69, 9.17) is 0 Å². The maximum absolute atomic E-state index is 12.4. The first kappa shape index (κ1) is 16.4. The van der Waals surface area contributed by atoms with Gasteiger partial charge in [-0.05, 0) is 25.0 Å². The Morgan fingerprint density at radius 3 is 2.45 bits per heavy atom. The summed E-state index contributed by atoms with van der Waals surface area (Å²) in [6, 6.07) is 5.49. The smallest absolute Gasteiger partial charge is 0.291 e. The second-order valence-electron chi connectivity index (χ2n) is 4.65. The van der Waals surface area contributed by atoms with Crippen molar-refractivity contribution in [2.24, 2.45) is 0 Å². The summed E-state index contributed by atoms with van der Waals surface area (Å²) >= 11 is 0.810. The zero-order chi connectivity index (χ0) is 16.3. The van der Waals surface area contributed by atoms with E-state index in [1.807, 2.05) is 32.0 Å². The van der Waals surface area contributed by atoms with Gasteiger partial charge in [-0.2, -0.15) is 8.42 Å². The van der Waals surface area contributed by atoms with Crippen LogP contribution in [0.3, 0.4) is 0 Å². The number of aryl methyl sites for hydroxylation is 2. The van der Waals surface area contributed by atoms with Gasteiger partial charge in [0.1, 0.15) is 0 Å². The van der Waals surface area contributed by atoms with Crippen LogP contribution in [0.25, 0.3) is 0 Å². The number of para-hydroxylation sites is 1. The van der Waals surface area contributed by atoms with Crippen molar-refractivity contribution < 1.29 is 13.2 Å². The number of carbonyl (C=O) groups excluding carboxylic acids is 1. The van der Waals surface area contributed by atoms with Crippen LogP contribution in [-0.4, -0.2) is 24.5 Å². The molecular formula is C13H16N4O3S2. The van der Waals surface area contributed by atoms with Crippen LogP contribution in [0, 0.1) is 13.8 Å². The van der Waals surface area contributed by atoms with E-state index in [1.54, 1.807) is 6.92 Å². The minimum absolute atomic E-state index is 0.161. The molecule has 2 rings (SSSR count). The Kier molecular flexibility index (Phi) is 4.77. The van der Waals surface area contributed by atoms with Crippen molar-refractivity contribution in [1.82, 2.24) is 10.2 Å². The van der Waals surface area contributed by atoms with Crippen molar-refractivity contribution in [2.75, 3.05) is 10.0 Å². The molecule has 0 saturated heterocycles. The first-order valence-corrected chi connectivity index (χ1v) is 8.86. The maximum atomic E-state index is 12.4. The van der Waals surface area contributed by atoms with Crippen LogP contribution in [-0.2, 0) is 14.8 Å². The van der Waals surface area contributed by atoms with Gasteiger partial charge in [0.05, 0.1) is 5.69 Å². The van der Waals surface area contributed by atoms with Gasteiger partial charge in [0.25, 0.3) is 14.4 Å². The maximum Gasteiger partial charge on any atom is 0.291 e. The van der Waals surface area contributed by atoms with Gasteiger partial charge in [0, 0.05) is 6.42 Å².